The van der Waals surface area contributed by atoms with Crippen molar-refractivity contribution in [2.24, 2.45) is 10.7 Å². The number of guanidine groups is 1. The number of halogens is 1. The predicted octanol–water partition coefficient (Wildman–Crippen LogP) is 2.75. The summed E-state index contributed by atoms with van der Waals surface area (Å²) in [4.78, 5) is 6.73. The summed E-state index contributed by atoms with van der Waals surface area (Å²) in [5.74, 6) is 0.618. The standard InChI is InChI=1S/C16H22ClN3O/c1-2-16(12-5-3-6-13(17)9-12)11-19-15(18)20(16)10-14-7-4-8-21-14/h3,5-6,9,14H,2,4,7-8,10-11H2,1H3,(H2,18,19). The summed E-state index contributed by atoms with van der Waals surface area (Å²) >= 11 is 6.18. The summed E-state index contributed by atoms with van der Waals surface area (Å²) in [5.41, 5.74) is 7.16. The molecular weight excluding hydrogens is 286 g/mol. The number of nitrogens with two attached hydrogens (primary N) is 1. The second-order valence-electron chi connectivity index (χ2n) is 5.82. The molecule has 1 aromatic rings. The van der Waals surface area contributed by atoms with E-state index in [0.717, 1.165) is 37.4 Å². The minimum atomic E-state index is -0.194. The summed E-state index contributed by atoms with van der Waals surface area (Å²) in [6, 6.07) is 8.04. The van der Waals surface area contributed by atoms with Gasteiger partial charge in [-0.25, -0.2) is 0 Å². The molecule has 21 heavy (non-hydrogen) atoms. The number of aliphatic imine (C=N–C) groups is 1. The molecule has 1 aromatic carbocycles. The molecule has 2 unspecified atom stereocenters. The Hall–Kier alpha value is -1.26. The minimum Gasteiger partial charge on any atom is -0.376 e. The van der Waals surface area contributed by atoms with E-state index >= 15 is 0 Å². The van der Waals surface area contributed by atoms with Crippen LogP contribution in [0.15, 0.2) is 29.3 Å². The van der Waals surface area contributed by atoms with Gasteiger partial charge in [0, 0.05) is 18.2 Å². The normalized spacial score (nSPS) is 29.0. The maximum Gasteiger partial charge on any atom is 0.192 e. The van der Waals surface area contributed by atoms with Gasteiger partial charge >= 0.3 is 0 Å². The first-order valence-electron chi connectivity index (χ1n) is 7.61. The van der Waals surface area contributed by atoms with Gasteiger partial charge in [-0.2, -0.15) is 0 Å². The molecule has 114 valence electrons. The molecule has 0 bridgehead atoms. The van der Waals surface area contributed by atoms with E-state index in [-0.39, 0.29) is 11.6 Å². The van der Waals surface area contributed by atoms with Gasteiger partial charge in [0.1, 0.15) is 0 Å². The minimum absolute atomic E-state index is 0.194. The molecule has 0 radical (unpaired) electrons. The molecule has 0 aromatic heterocycles. The van der Waals surface area contributed by atoms with Crippen LogP contribution in [0.3, 0.4) is 0 Å². The summed E-state index contributed by atoms with van der Waals surface area (Å²) in [7, 11) is 0. The lowest BCUT2D eigenvalue weighted by atomic mass is 9.86. The lowest BCUT2D eigenvalue weighted by molar-refractivity contribution is 0.0633. The summed E-state index contributed by atoms with van der Waals surface area (Å²) < 4.78 is 5.78. The summed E-state index contributed by atoms with van der Waals surface area (Å²) in [6.07, 6.45) is 3.41. The molecule has 0 saturated carbocycles. The van der Waals surface area contributed by atoms with E-state index in [4.69, 9.17) is 22.1 Å². The van der Waals surface area contributed by atoms with E-state index in [1.807, 2.05) is 18.2 Å². The lowest BCUT2D eigenvalue weighted by Crippen LogP contribution is -2.51. The Balaban J connectivity index is 1.91. The molecule has 0 spiro atoms. The fraction of sp³-hybridized carbons (Fsp3) is 0.562. The second kappa shape index (κ2) is 5.85. The zero-order chi connectivity index (χ0) is 14.9. The maximum absolute atomic E-state index is 6.18. The van der Waals surface area contributed by atoms with Crippen LogP contribution in [0.5, 0.6) is 0 Å². The molecule has 4 nitrogen and oxygen atoms in total. The molecule has 1 fully saturated rings. The van der Waals surface area contributed by atoms with E-state index in [1.165, 1.54) is 5.56 Å². The zero-order valence-corrected chi connectivity index (χ0v) is 13.1. The van der Waals surface area contributed by atoms with E-state index < -0.39 is 0 Å². The summed E-state index contributed by atoms with van der Waals surface area (Å²) in [5, 5.41) is 0.753. The molecule has 3 rings (SSSR count). The summed E-state index contributed by atoms with van der Waals surface area (Å²) in [6.45, 7) is 4.52. The lowest BCUT2D eigenvalue weighted by Gasteiger charge is -2.40. The first-order valence-corrected chi connectivity index (χ1v) is 7.99. The van der Waals surface area contributed by atoms with E-state index in [0.29, 0.717) is 12.5 Å². The van der Waals surface area contributed by atoms with Crippen LogP contribution in [0.25, 0.3) is 0 Å². The van der Waals surface area contributed by atoms with Gasteiger partial charge < -0.3 is 15.4 Å². The van der Waals surface area contributed by atoms with Crippen LogP contribution in [0.2, 0.25) is 5.02 Å². The van der Waals surface area contributed by atoms with Gasteiger partial charge in [-0.3, -0.25) is 4.99 Å². The zero-order valence-electron chi connectivity index (χ0n) is 12.4. The molecule has 2 aliphatic heterocycles. The molecular formula is C16H22ClN3O. The van der Waals surface area contributed by atoms with Crippen LogP contribution in [-0.2, 0) is 10.3 Å². The van der Waals surface area contributed by atoms with Crippen LogP contribution in [0, 0.1) is 0 Å². The molecule has 0 aliphatic carbocycles. The molecule has 2 aliphatic rings. The largest absolute Gasteiger partial charge is 0.376 e. The maximum atomic E-state index is 6.18. The molecule has 1 saturated heterocycles. The SMILES string of the molecule is CCC1(c2cccc(Cl)c2)CN=C(N)N1CC1CCCO1. The quantitative estimate of drug-likeness (QED) is 0.930. The Morgan fingerprint density at radius 2 is 2.38 bits per heavy atom. The third-order valence-corrected chi connectivity index (χ3v) is 4.89. The van der Waals surface area contributed by atoms with Crippen molar-refractivity contribution in [2.45, 2.75) is 37.8 Å². The Morgan fingerprint density at radius 1 is 1.52 bits per heavy atom. The Morgan fingerprint density at radius 3 is 3.05 bits per heavy atom. The number of benzene rings is 1. The van der Waals surface area contributed by atoms with Crippen molar-refractivity contribution in [1.29, 1.82) is 0 Å². The third-order valence-electron chi connectivity index (χ3n) is 4.65. The highest BCUT2D eigenvalue weighted by atomic mass is 35.5. The highest BCUT2D eigenvalue weighted by Crippen LogP contribution is 2.37. The highest BCUT2D eigenvalue weighted by molar-refractivity contribution is 6.30. The van der Waals surface area contributed by atoms with Crippen molar-refractivity contribution in [3.05, 3.63) is 34.9 Å². The molecule has 2 atom stereocenters. The predicted molar refractivity (Wildman–Crippen MR) is 85.6 cm³/mol. The van der Waals surface area contributed by atoms with Crippen LogP contribution in [-0.4, -0.2) is 36.7 Å². The molecule has 2 N–H and O–H groups in total. The number of nitrogens with zero attached hydrogens (tertiary/aromatic N) is 2. The van der Waals surface area contributed by atoms with Crippen LogP contribution < -0.4 is 5.73 Å². The third kappa shape index (κ3) is 2.62. The Labute approximate surface area is 130 Å². The van der Waals surface area contributed by atoms with Crippen LogP contribution in [0.4, 0.5) is 0 Å². The van der Waals surface area contributed by atoms with Crippen molar-refractivity contribution in [3.63, 3.8) is 0 Å². The molecule has 0 amide bonds. The van der Waals surface area contributed by atoms with Gasteiger partial charge in [0.05, 0.1) is 18.2 Å². The van der Waals surface area contributed by atoms with Crippen molar-refractivity contribution in [3.8, 4) is 0 Å². The number of hydrogen-bond acceptors (Lipinski definition) is 4. The van der Waals surface area contributed by atoms with Gasteiger partial charge in [0.15, 0.2) is 5.96 Å². The first kappa shape index (κ1) is 14.7. The fourth-order valence-electron chi connectivity index (χ4n) is 3.39. The molecule has 5 heteroatoms. The van der Waals surface area contributed by atoms with E-state index in [1.54, 1.807) is 0 Å². The van der Waals surface area contributed by atoms with Gasteiger partial charge in [-0.05, 0) is 37.0 Å². The average molecular weight is 308 g/mol. The monoisotopic (exact) mass is 307 g/mol. The number of ether oxygens (including phenoxy) is 1. The average Bonchev–Trinajstić information content (AvgIpc) is 3.10. The van der Waals surface area contributed by atoms with Gasteiger partial charge in [0.25, 0.3) is 0 Å². The van der Waals surface area contributed by atoms with Crippen molar-refractivity contribution in [1.82, 2.24) is 4.90 Å². The Bertz CT molecular complexity index is 542. The topological polar surface area (TPSA) is 50.8 Å². The van der Waals surface area contributed by atoms with Crippen molar-refractivity contribution >= 4 is 17.6 Å². The van der Waals surface area contributed by atoms with Gasteiger partial charge in [-0.15, -0.1) is 0 Å². The highest BCUT2D eigenvalue weighted by Gasteiger charge is 2.43. The first-order chi connectivity index (χ1) is 10.2. The van der Waals surface area contributed by atoms with Gasteiger partial charge in [0.2, 0.25) is 0 Å². The second-order valence-corrected chi connectivity index (χ2v) is 6.25. The van der Waals surface area contributed by atoms with E-state index in [2.05, 4.69) is 22.9 Å². The smallest absolute Gasteiger partial charge is 0.192 e. The van der Waals surface area contributed by atoms with E-state index in [9.17, 15) is 0 Å². The molecule has 2 heterocycles. The fourth-order valence-corrected chi connectivity index (χ4v) is 3.58. The Kier molecular flexibility index (Phi) is 4.09. The van der Waals surface area contributed by atoms with Crippen LogP contribution in [0.1, 0.15) is 31.7 Å². The van der Waals surface area contributed by atoms with Crippen molar-refractivity contribution in [2.75, 3.05) is 19.7 Å². The van der Waals surface area contributed by atoms with Crippen molar-refractivity contribution < 1.29 is 4.74 Å². The van der Waals surface area contributed by atoms with Crippen LogP contribution >= 0.6 is 11.6 Å². The number of hydrogen-bond donors (Lipinski definition) is 1. The number of rotatable bonds is 4. The van der Waals surface area contributed by atoms with Gasteiger partial charge in [-0.1, -0.05) is 30.7 Å².